The molecule has 24 heavy (non-hydrogen) atoms. The van der Waals surface area contributed by atoms with Crippen LogP contribution in [-0.2, 0) is 0 Å². The number of benzene rings is 2. The molecule has 0 atom stereocenters. The van der Waals surface area contributed by atoms with E-state index in [1.54, 1.807) is 19.4 Å². The fourth-order valence-corrected chi connectivity index (χ4v) is 3.43. The molecular weight excluding hydrogens is 322 g/mol. The second-order valence-electron chi connectivity index (χ2n) is 5.18. The van der Waals surface area contributed by atoms with Crippen LogP contribution in [0.4, 0.5) is 5.13 Å². The molecule has 4 rings (SSSR count). The topological polar surface area (TPSA) is 64.1 Å². The number of carbonyl (C=O) groups excluding carboxylic acids is 1. The van der Waals surface area contributed by atoms with Crippen LogP contribution in [0.3, 0.4) is 0 Å². The Bertz CT molecular complexity index is 1050. The Labute approximate surface area is 141 Å². The molecule has 4 aromatic rings. The highest BCUT2D eigenvalue weighted by Gasteiger charge is 2.13. The zero-order valence-corrected chi connectivity index (χ0v) is 13.6. The number of nitrogens with one attached hydrogen (secondary N) is 1. The number of carbonyl (C=O) groups is 1. The number of para-hydroxylation sites is 1. The predicted molar refractivity (Wildman–Crippen MR) is 95.9 cm³/mol. The third-order valence-corrected chi connectivity index (χ3v) is 4.64. The van der Waals surface area contributed by atoms with Gasteiger partial charge in [0, 0.05) is 11.6 Å². The number of hydrogen-bond donors (Lipinski definition) is 1. The van der Waals surface area contributed by atoms with Gasteiger partial charge in [0.05, 0.1) is 28.4 Å². The molecule has 2 aromatic heterocycles. The summed E-state index contributed by atoms with van der Waals surface area (Å²) in [6, 6.07) is 14.9. The molecule has 1 N–H and O–H groups in total. The molecular formula is C18H13N3O2S. The Hall–Kier alpha value is -2.99. The van der Waals surface area contributed by atoms with Gasteiger partial charge in [-0.1, -0.05) is 29.5 Å². The van der Waals surface area contributed by atoms with Crippen molar-refractivity contribution in [2.75, 3.05) is 12.4 Å². The maximum absolute atomic E-state index is 12.6. The third kappa shape index (κ3) is 2.57. The monoisotopic (exact) mass is 335 g/mol. The smallest absolute Gasteiger partial charge is 0.258 e. The van der Waals surface area contributed by atoms with Crippen molar-refractivity contribution in [2.24, 2.45) is 0 Å². The van der Waals surface area contributed by atoms with Crippen LogP contribution in [0.5, 0.6) is 5.75 Å². The zero-order valence-electron chi connectivity index (χ0n) is 12.8. The minimum absolute atomic E-state index is 0.195. The number of thiazole rings is 1. The summed E-state index contributed by atoms with van der Waals surface area (Å²) < 4.78 is 6.18. The predicted octanol–water partition coefficient (Wildman–Crippen LogP) is 4.11. The molecule has 1 amide bonds. The Kier molecular flexibility index (Phi) is 3.59. The fraction of sp³-hybridized carbons (Fsp3) is 0.0556. The number of rotatable bonds is 3. The van der Waals surface area contributed by atoms with Crippen molar-refractivity contribution in [1.29, 1.82) is 0 Å². The van der Waals surface area contributed by atoms with Crippen molar-refractivity contribution in [2.45, 2.75) is 0 Å². The minimum Gasteiger partial charge on any atom is -0.497 e. The summed E-state index contributed by atoms with van der Waals surface area (Å²) in [5, 5.41) is 4.26. The van der Waals surface area contributed by atoms with Gasteiger partial charge in [0.15, 0.2) is 5.13 Å². The molecule has 0 fully saturated rings. The number of anilines is 1. The Morgan fingerprint density at radius 3 is 2.88 bits per heavy atom. The molecule has 118 valence electrons. The maximum atomic E-state index is 12.6. The summed E-state index contributed by atoms with van der Waals surface area (Å²) in [6.07, 6.45) is 1.64. The van der Waals surface area contributed by atoms with Gasteiger partial charge >= 0.3 is 0 Å². The van der Waals surface area contributed by atoms with Crippen LogP contribution in [0.25, 0.3) is 21.1 Å². The normalized spacial score (nSPS) is 10.9. The van der Waals surface area contributed by atoms with E-state index in [9.17, 15) is 4.79 Å². The van der Waals surface area contributed by atoms with Gasteiger partial charge in [0.25, 0.3) is 5.91 Å². The average Bonchev–Trinajstić information content (AvgIpc) is 3.02. The number of amides is 1. The van der Waals surface area contributed by atoms with E-state index in [1.807, 2.05) is 42.5 Å². The van der Waals surface area contributed by atoms with Crippen LogP contribution >= 0.6 is 11.3 Å². The number of hydrogen-bond acceptors (Lipinski definition) is 5. The van der Waals surface area contributed by atoms with Crippen molar-refractivity contribution in [3.05, 3.63) is 60.3 Å². The first kappa shape index (κ1) is 14.6. The zero-order chi connectivity index (χ0) is 16.5. The van der Waals surface area contributed by atoms with Crippen molar-refractivity contribution >= 4 is 43.5 Å². The van der Waals surface area contributed by atoms with Crippen LogP contribution in [-0.4, -0.2) is 23.0 Å². The van der Waals surface area contributed by atoms with Crippen LogP contribution in [0.1, 0.15) is 10.4 Å². The molecule has 2 heterocycles. The lowest BCUT2D eigenvalue weighted by molar-refractivity contribution is 0.102. The van der Waals surface area contributed by atoms with E-state index in [-0.39, 0.29) is 5.91 Å². The number of methoxy groups -OCH3 is 1. The van der Waals surface area contributed by atoms with Crippen molar-refractivity contribution < 1.29 is 9.53 Å². The minimum atomic E-state index is -0.195. The summed E-state index contributed by atoms with van der Waals surface area (Å²) in [5.41, 5.74) is 2.20. The molecule has 0 spiro atoms. The highest BCUT2D eigenvalue weighted by atomic mass is 32.1. The summed E-state index contributed by atoms with van der Waals surface area (Å²) in [5.74, 6) is 0.573. The molecule has 0 bridgehead atoms. The van der Waals surface area contributed by atoms with Crippen molar-refractivity contribution in [1.82, 2.24) is 9.97 Å². The van der Waals surface area contributed by atoms with E-state index in [0.717, 1.165) is 26.9 Å². The van der Waals surface area contributed by atoms with E-state index in [2.05, 4.69) is 15.3 Å². The lowest BCUT2D eigenvalue weighted by Crippen LogP contribution is -2.12. The molecule has 0 saturated carbocycles. The molecule has 6 heteroatoms. The maximum Gasteiger partial charge on any atom is 0.258 e. The Balaban J connectivity index is 1.68. The highest BCUT2D eigenvalue weighted by molar-refractivity contribution is 7.22. The van der Waals surface area contributed by atoms with E-state index < -0.39 is 0 Å². The lowest BCUT2D eigenvalue weighted by atomic mass is 10.1. The van der Waals surface area contributed by atoms with Gasteiger partial charge in [-0.25, -0.2) is 4.98 Å². The van der Waals surface area contributed by atoms with E-state index in [4.69, 9.17) is 4.74 Å². The molecule has 0 aliphatic rings. The molecule has 0 aliphatic carbocycles. The van der Waals surface area contributed by atoms with Gasteiger partial charge in [0.2, 0.25) is 0 Å². The van der Waals surface area contributed by atoms with E-state index in [0.29, 0.717) is 10.7 Å². The number of nitrogens with zero attached hydrogens (tertiary/aromatic N) is 2. The number of pyridine rings is 1. The largest absolute Gasteiger partial charge is 0.497 e. The van der Waals surface area contributed by atoms with Crippen molar-refractivity contribution in [3.63, 3.8) is 0 Å². The quantitative estimate of drug-likeness (QED) is 0.612. The number of aromatic nitrogens is 2. The second-order valence-corrected chi connectivity index (χ2v) is 6.21. The molecule has 0 saturated heterocycles. The van der Waals surface area contributed by atoms with Crippen LogP contribution in [0.15, 0.2) is 54.7 Å². The summed E-state index contributed by atoms with van der Waals surface area (Å²) in [6.45, 7) is 0. The first-order valence-electron chi connectivity index (χ1n) is 7.34. The molecule has 0 unspecified atom stereocenters. The summed E-state index contributed by atoms with van der Waals surface area (Å²) in [7, 11) is 1.62. The van der Waals surface area contributed by atoms with Crippen molar-refractivity contribution in [3.8, 4) is 5.75 Å². The molecule has 2 aromatic carbocycles. The third-order valence-electron chi connectivity index (χ3n) is 3.71. The van der Waals surface area contributed by atoms with E-state index >= 15 is 0 Å². The number of fused-ring (bicyclic) bond motifs is 2. The Morgan fingerprint density at radius 2 is 2.00 bits per heavy atom. The van der Waals surface area contributed by atoms with Crippen LogP contribution < -0.4 is 10.1 Å². The van der Waals surface area contributed by atoms with Gasteiger partial charge in [-0.2, -0.15) is 0 Å². The first-order valence-corrected chi connectivity index (χ1v) is 8.16. The average molecular weight is 335 g/mol. The molecule has 0 aliphatic heterocycles. The standard InChI is InChI=1S/C18H13N3O2S/c1-23-11-6-7-15-16(10-11)24-18(20-15)21-17(22)13-8-9-19-14-5-3-2-4-12(13)14/h2-10H,1H3,(H,20,21,22). The van der Waals surface area contributed by atoms with Gasteiger partial charge in [-0.15, -0.1) is 0 Å². The fourth-order valence-electron chi connectivity index (χ4n) is 2.54. The lowest BCUT2D eigenvalue weighted by Gasteiger charge is -2.05. The van der Waals surface area contributed by atoms with Crippen LogP contribution in [0, 0.1) is 0 Å². The van der Waals surface area contributed by atoms with Gasteiger partial charge in [-0.05, 0) is 30.3 Å². The SMILES string of the molecule is COc1ccc2nc(NC(=O)c3ccnc4ccccc34)sc2c1. The van der Waals surface area contributed by atoms with Gasteiger partial charge in [0.1, 0.15) is 5.75 Å². The Morgan fingerprint density at radius 1 is 1.12 bits per heavy atom. The number of ether oxygens (including phenoxy) is 1. The van der Waals surface area contributed by atoms with Crippen LogP contribution in [0.2, 0.25) is 0 Å². The second kappa shape index (κ2) is 5.90. The first-order chi connectivity index (χ1) is 11.7. The highest BCUT2D eigenvalue weighted by Crippen LogP contribution is 2.29. The molecule has 0 radical (unpaired) electrons. The van der Waals surface area contributed by atoms with Gasteiger partial charge in [-0.3, -0.25) is 15.1 Å². The van der Waals surface area contributed by atoms with E-state index in [1.165, 1.54) is 11.3 Å². The molecule has 5 nitrogen and oxygen atoms in total. The van der Waals surface area contributed by atoms with Gasteiger partial charge < -0.3 is 4.74 Å². The summed E-state index contributed by atoms with van der Waals surface area (Å²) >= 11 is 1.42. The summed E-state index contributed by atoms with van der Waals surface area (Å²) in [4.78, 5) is 21.4.